The molecule has 0 spiro atoms. The Labute approximate surface area is 130 Å². The third kappa shape index (κ3) is 3.74. The molecule has 0 N–H and O–H groups in total. The van der Waals surface area contributed by atoms with Gasteiger partial charge in [0.2, 0.25) is 0 Å². The molecule has 1 heterocycles. The van der Waals surface area contributed by atoms with E-state index in [-0.39, 0.29) is 12.2 Å². The van der Waals surface area contributed by atoms with E-state index < -0.39 is 9.84 Å². The van der Waals surface area contributed by atoms with Crippen molar-refractivity contribution in [2.24, 2.45) is 0 Å². The van der Waals surface area contributed by atoms with Gasteiger partial charge in [-0.2, -0.15) is 0 Å². The Morgan fingerprint density at radius 3 is 2.36 bits per heavy atom. The average molecular weight is 318 g/mol. The van der Waals surface area contributed by atoms with Crippen molar-refractivity contribution < 1.29 is 17.9 Å². The number of ether oxygens (including phenoxy) is 2. The van der Waals surface area contributed by atoms with Crippen molar-refractivity contribution in [3.05, 3.63) is 65.7 Å². The maximum absolute atomic E-state index is 11.4. The molecular formula is C17H18O4S. The topological polar surface area (TPSA) is 55.9 Å². The summed E-state index contributed by atoms with van der Waals surface area (Å²) >= 11 is 0. The van der Waals surface area contributed by atoms with Crippen LogP contribution in [0.5, 0.6) is 0 Å². The summed E-state index contributed by atoms with van der Waals surface area (Å²) in [6.45, 7) is 1.10. The molecule has 0 bridgehead atoms. The molecule has 0 aromatic heterocycles. The van der Waals surface area contributed by atoms with E-state index in [2.05, 4.69) is 0 Å². The summed E-state index contributed by atoms with van der Waals surface area (Å²) in [6.07, 6.45) is 1.26. The first-order valence-corrected chi connectivity index (χ1v) is 9.00. The molecule has 2 aromatic carbocycles. The van der Waals surface area contributed by atoms with Crippen LogP contribution < -0.4 is 0 Å². The van der Waals surface area contributed by atoms with Crippen LogP contribution in [-0.4, -0.2) is 27.4 Å². The standard InChI is InChI=1S/C17H18O4S/c1-22(18,19)15-9-7-14(8-10-15)17-16(21-17)12-20-11-13-5-3-2-4-6-13/h2-10,16-17H,11-12H2,1H3/t16-,17-/m0/s1. The third-order valence-corrected chi connectivity index (χ3v) is 4.74. The van der Waals surface area contributed by atoms with E-state index in [0.29, 0.717) is 18.1 Å². The minimum atomic E-state index is -3.15. The molecular weight excluding hydrogens is 300 g/mol. The first-order chi connectivity index (χ1) is 10.5. The van der Waals surface area contributed by atoms with Crippen molar-refractivity contribution in [2.75, 3.05) is 12.9 Å². The molecule has 4 nitrogen and oxygen atoms in total. The highest BCUT2D eigenvalue weighted by molar-refractivity contribution is 7.90. The molecule has 0 saturated carbocycles. The quantitative estimate of drug-likeness (QED) is 0.769. The smallest absolute Gasteiger partial charge is 0.175 e. The average Bonchev–Trinajstić information content (AvgIpc) is 3.27. The molecule has 0 unspecified atom stereocenters. The summed E-state index contributed by atoms with van der Waals surface area (Å²) < 4.78 is 34.1. The van der Waals surface area contributed by atoms with E-state index >= 15 is 0 Å². The summed E-state index contributed by atoms with van der Waals surface area (Å²) in [4.78, 5) is 0.328. The van der Waals surface area contributed by atoms with Gasteiger partial charge < -0.3 is 9.47 Å². The van der Waals surface area contributed by atoms with E-state index in [4.69, 9.17) is 9.47 Å². The van der Waals surface area contributed by atoms with E-state index in [1.807, 2.05) is 30.3 Å². The van der Waals surface area contributed by atoms with Crippen molar-refractivity contribution in [3.63, 3.8) is 0 Å². The maximum atomic E-state index is 11.4. The molecule has 0 radical (unpaired) electrons. The molecule has 3 rings (SSSR count). The first kappa shape index (κ1) is 15.2. The number of hydrogen-bond donors (Lipinski definition) is 0. The second-order valence-electron chi connectivity index (χ2n) is 5.44. The van der Waals surface area contributed by atoms with Gasteiger partial charge in [0, 0.05) is 6.26 Å². The largest absolute Gasteiger partial charge is 0.374 e. The van der Waals surface area contributed by atoms with E-state index in [9.17, 15) is 8.42 Å². The highest BCUT2D eigenvalue weighted by Gasteiger charge is 2.40. The Kier molecular flexibility index (Phi) is 4.29. The zero-order chi connectivity index (χ0) is 15.6. The van der Waals surface area contributed by atoms with Crippen LogP contribution in [0.2, 0.25) is 0 Å². The molecule has 0 amide bonds. The van der Waals surface area contributed by atoms with Crippen LogP contribution in [0.4, 0.5) is 0 Å². The van der Waals surface area contributed by atoms with E-state index in [1.54, 1.807) is 24.3 Å². The summed E-state index contributed by atoms with van der Waals surface area (Å²) in [5.41, 5.74) is 2.12. The number of hydrogen-bond acceptors (Lipinski definition) is 4. The van der Waals surface area contributed by atoms with Crippen molar-refractivity contribution in [2.45, 2.75) is 23.7 Å². The Morgan fingerprint density at radius 1 is 1.05 bits per heavy atom. The fraction of sp³-hybridized carbons (Fsp3) is 0.294. The van der Waals surface area contributed by atoms with Crippen molar-refractivity contribution in [3.8, 4) is 0 Å². The lowest BCUT2D eigenvalue weighted by molar-refractivity contribution is 0.104. The second-order valence-corrected chi connectivity index (χ2v) is 7.45. The van der Waals surface area contributed by atoms with Gasteiger partial charge in [0.25, 0.3) is 0 Å². The Bertz CT molecular complexity index is 723. The fourth-order valence-electron chi connectivity index (χ4n) is 2.33. The predicted octanol–water partition coefficient (Wildman–Crippen LogP) is 2.75. The van der Waals surface area contributed by atoms with Crippen LogP contribution in [0, 0.1) is 0 Å². The van der Waals surface area contributed by atoms with Gasteiger partial charge in [-0.25, -0.2) is 8.42 Å². The Balaban J connectivity index is 1.50. The Morgan fingerprint density at radius 2 is 1.73 bits per heavy atom. The number of sulfone groups is 1. The van der Waals surface area contributed by atoms with Gasteiger partial charge in [0.05, 0.1) is 18.1 Å². The third-order valence-electron chi connectivity index (χ3n) is 3.61. The molecule has 0 aliphatic carbocycles. The molecule has 1 fully saturated rings. The van der Waals surface area contributed by atoms with Gasteiger partial charge in [0.1, 0.15) is 12.2 Å². The molecule has 5 heteroatoms. The van der Waals surface area contributed by atoms with Crippen LogP contribution in [-0.2, 0) is 25.9 Å². The van der Waals surface area contributed by atoms with Crippen LogP contribution in [0.1, 0.15) is 17.2 Å². The zero-order valence-electron chi connectivity index (χ0n) is 12.3. The van der Waals surface area contributed by atoms with Crippen molar-refractivity contribution in [1.82, 2.24) is 0 Å². The van der Waals surface area contributed by atoms with Crippen molar-refractivity contribution in [1.29, 1.82) is 0 Å². The maximum Gasteiger partial charge on any atom is 0.175 e. The van der Waals surface area contributed by atoms with Crippen LogP contribution >= 0.6 is 0 Å². The van der Waals surface area contributed by atoms with Gasteiger partial charge in [-0.05, 0) is 23.3 Å². The number of epoxide rings is 1. The highest BCUT2D eigenvalue weighted by atomic mass is 32.2. The van der Waals surface area contributed by atoms with Crippen LogP contribution in [0.25, 0.3) is 0 Å². The molecule has 1 aliphatic rings. The van der Waals surface area contributed by atoms with Gasteiger partial charge in [0.15, 0.2) is 9.84 Å². The van der Waals surface area contributed by atoms with Gasteiger partial charge in [-0.3, -0.25) is 0 Å². The first-order valence-electron chi connectivity index (χ1n) is 7.11. The molecule has 2 aromatic rings. The Hall–Kier alpha value is -1.69. The summed E-state index contributed by atoms with van der Waals surface area (Å²) in [6, 6.07) is 16.8. The lowest BCUT2D eigenvalue weighted by Crippen LogP contribution is -2.03. The number of benzene rings is 2. The minimum absolute atomic E-state index is 0.00406. The normalized spacial score (nSPS) is 20.8. The van der Waals surface area contributed by atoms with Crippen LogP contribution in [0.15, 0.2) is 59.5 Å². The minimum Gasteiger partial charge on any atom is -0.374 e. The summed E-state index contributed by atoms with van der Waals surface area (Å²) in [5, 5.41) is 0. The van der Waals surface area contributed by atoms with E-state index in [0.717, 1.165) is 11.1 Å². The lowest BCUT2D eigenvalue weighted by Gasteiger charge is -2.02. The van der Waals surface area contributed by atoms with Gasteiger partial charge >= 0.3 is 0 Å². The highest BCUT2D eigenvalue weighted by Crippen LogP contribution is 2.39. The fourth-order valence-corrected chi connectivity index (χ4v) is 2.97. The van der Waals surface area contributed by atoms with Crippen LogP contribution in [0.3, 0.4) is 0 Å². The molecule has 2 atom stereocenters. The zero-order valence-corrected chi connectivity index (χ0v) is 13.1. The summed E-state index contributed by atoms with van der Waals surface area (Å²) in [5.74, 6) is 0. The SMILES string of the molecule is CS(=O)(=O)c1ccc([C@@H]2O[C@H]2COCc2ccccc2)cc1. The van der Waals surface area contributed by atoms with Gasteiger partial charge in [-0.1, -0.05) is 42.5 Å². The molecule has 22 heavy (non-hydrogen) atoms. The van der Waals surface area contributed by atoms with Crippen molar-refractivity contribution >= 4 is 9.84 Å². The summed E-state index contributed by atoms with van der Waals surface area (Å²) in [7, 11) is -3.15. The molecule has 1 saturated heterocycles. The van der Waals surface area contributed by atoms with Gasteiger partial charge in [-0.15, -0.1) is 0 Å². The molecule has 116 valence electrons. The number of rotatable bonds is 6. The predicted molar refractivity (Wildman–Crippen MR) is 83.3 cm³/mol. The second kappa shape index (κ2) is 6.20. The van der Waals surface area contributed by atoms with E-state index in [1.165, 1.54) is 6.26 Å². The molecule has 1 aliphatic heterocycles. The monoisotopic (exact) mass is 318 g/mol. The lowest BCUT2D eigenvalue weighted by atomic mass is 10.1.